The second kappa shape index (κ2) is 4.75. The Morgan fingerprint density at radius 3 is 2.84 bits per heavy atom. The monoisotopic (exact) mass is 255 g/mol. The first-order valence-electron chi connectivity index (χ1n) is 6.18. The van der Waals surface area contributed by atoms with Crippen molar-refractivity contribution in [2.75, 3.05) is 31.2 Å². The summed E-state index contributed by atoms with van der Waals surface area (Å²) in [6.45, 7) is 3.04. The minimum absolute atomic E-state index is 0.145. The molecule has 0 amide bonds. The second-order valence-electron chi connectivity index (χ2n) is 4.47. The molecule has 1 aliphatic rings. The summed E-state index contributed by atoms with van der Waals surface area (Å²) in [6.07, 6.45) is 1.46. The van der Waals surface area contributed by atoms with Crippen molar-refractivity contribution in [1.82, 2.24) is 4.98 Å². The summed E-state index contributed by atoms with van der Waals surface area (Å²) in [7, 11) is 0. The molecule has 1 N–H and O–H groups in total. The zero-order valence-corrected chi connectivity index (χ0v) is 10.3. The minimum atomic E-state index is -0.216. The molecule has 0 spiro atoms. The number of fused-ring (bicyclic) bond motifs is 1. The topological polar surface area (TPSA) is 69.1 Å². The molecule has 3 rings (SSSR count). The largest absolute Gasteiger partial charge is 0.378 e. The highest BCUT2D eigenvalue weighted by molar-refractivity contribution is 5.83. The number of nitrogens with zero attached hydrogens (tertiary/aromatic N) is 2. The lowest BCUT2D eigenvalue weighted by molar-refractivity contribution is 0.122. The molecule has 0 radical (unpaired) electrons. The van der Waals surface area contributed by atoms with Gasteiger partial charge in [0, 0.05) is 35.9 Å². The predicted molar refractivity (Wildman–Crippen MR) is 72.3 cm³/mol. The van der Waals surface area contributed by atoms with Crippen LogP contribution >= 0.6 is 0 Å². The molecule has 0 saturated carbocycles. The number of hydrogen-bond acceptors (Lipinski definition) is 4. The lowest BCUT2D eigenvalue weighted by Gasteiger charge is -2.28. The van der Waals surface area contributed by atoms with Crippen LogP contribution in [0.3, 0.4) is 0 Å². The molecule has 1 aromatic heterocycles. The average molecular weight is 255 g/mol. The molecule has 5 nitrogen and oxygen atoms in total. The number of aromatic amines is 1. The van der Waals surface area contributed by atoms with Crippen LogP contribution in [-0.2, 0) is 4.74 Å². The smallest absolute Gasteiger partial charge is 0.207 e. The molecule has 0 bridgehead atoms. The Balaban J connectivity index is 2.11. The number of nitriles is 1. The summed E-state index contributed by atoms with van der Waals surface area (Å²) >= 11 is 0. The number of aromatic nitrogens is 1. The SMILES string of the molecule is N#Cc1c[nH]c2ccc(N3CCOCC3)cc2c1=O. The lowest BCUT2D eigenvalue weighted by Crippen LogP contribution is -2.36. The van der Waals surface area contributed by atoms with E-state index in [1.165, 1.54) is 6.20 Å². The van der Waals surface area contributed by atoms with E-state index in [0.717, 1.165) is 24.3 Å². The van der Waals surface area contributed by atoms with Crippen molar-refractivity contribution in [3.8, 4) is 6.07 Å². The highest BCUT2D eigenvalue weighted by Gasteiger charge is 2.13. The van der Waals surface area contributed by atoms with E-state index >= 15 is 0 Å². The van der Waals surface area contributed by atoms with E-state index in [0.29, 0.717) is 18.6 Å². The van der Waals surface area contributed by atoms with Crippen molar-refractivity contribution in [1.29, 1.82) is 5.26 Å². The molecule has 5 heteroatoms. The normalized spacial score (nSPS) is 15.4. The number of benzene rings is 1. The van der Waals surface area contributed by atoms with E-state index in [2.05, 4.69) is 9.88 Å². The number of anilines is 1. The van der Waals surface area contributed by atoms with Crippen LogP contribution in [0.2, 0.25) is 0 Å². The third-order valence-corrected chi connectivity index (χ3v) is 3.36. The molecule has 0 atom stereocenters. The van der Waals surface area contributed by atoms with Crippen LogP contribution in [0.25, 0.3) is 10.9 Å². The Kier molecular flexibility index (Phi) is 2.94. The zero-order valence-electron chi connectivity index (χ0n) is 10.3. The Morgan fingerprint density at radius 1 is 1.32 bits per heavy atom. The first-order chi connectivity index (χ1) is 9.29. The van der Waals surface area contributed by atoms with Gasteiger partial charge in [-0.3, -0.25) is 4.79 Å². The Bertz CT molecular complexity index is 709. The molecule has 2 heterocycles. The number of morpholine rings is 1. The van der Waals surface area contributed by atoms with Crippen LogP contribution in [-0.4, -0.2) is 31.3 Å². The molecule has 1 aromatic carbocycles. The summed E-state index contributed by atoms with van der Waals surface area (Å²) in [5, 5.41) is 9.46. The fraction of sp³-hybridized carbons (Fsp3) is 0.286. The summed E-state index contributed by atoms with van der Waals surface area (Å²) in [5.41, 5.74) is 1.68. The number of rotatable bonds is 1. The van der Waals surface area contributed by atoms with Gasteiger partial charge in [-0.15, -0.1) is 0 Å². The van der Waals surface area contributed by atoms with Crippen LogP contribution in [0.4, 0.5) is 5.69 Å². The fourth-order valence-electron chi connectivity index (χ4n) is 2.31. The van der Waals surface area contributed by atoms with Crippen molar-refractivity contribution >= 4 is 16.6 Å². The van der Waals surface area contributed by atoms with Gasteiger partial charge in [-0.1, -0.05) is 0 Å². The number of pyridine rings is 1. The van der Waals surface area contributed by atoms with Gasteiger partial charge in [-0.25, -0.2) is 0 Å². The zero-order chi connectivity index (χ0) is 13.2. The maximum atomic E-state index is 12.1. The predicted octanol–water partition coefficient (Wildman–Crippen LogP) is 1.24. The summed E-state index contributed by atoms with van der Waals surface area (Å²) in [5.74, 6) is 0. The van der Waals surface area contributed by atoms with Crippen molar-refractivity contribution in [3.63, 3.8) is 0 Å². The third kappa shape index (κ3) is 2.07. The molecular weight excluding hydrogens is 242 g/mol. The lowest BCUT2D eigenvalue weighted by atomic mass is 10.1. The second-order valence-corrected chi connectivity index (χ2v) is 4.47. The van der Waals surface area contributed by atoms with E-state index in [4.69, 9.17) is 10.00 Å². The van der Waals surface area contributed by atoms with E-state index < -0.39 is 0 Å². The quantitative estimate of drug-likeness (QED) is 0.832. The maximum Gasteiger partial charge on any atom is 0.207 e. The molecule has 0 aliphatic carbocycles. The van der Waals surface area contributed by atoms with Gasteiger partial charge in [-0.2, -0.15) is 5.26 Å². The van der Waals surface area contributed by atoms with Crippen LogP contribution in [0.5, 0.6) is 0 Å². The van der Waals surface area contributed by atoms with Crippen molar-refractivity contribution in [2.45, 2.75) is 0 Å². The minimum Gasteiger partial charge on any atom is -0.378 e. The van der Waals surface area contributed by atoms with Gasteiger partial charge in [-0.05, 0) is 18.2 Å². The van der Waals surface area contributed by atoms with Crippen LogP contribution < -0.4 is 10.3 Å². The van der Waals surface area contributed by atoms with E-state index in [1.807, 2.05) is 24.3 Å². The molecular formula is C14H13N3O2. The summed E-state index contributed by atoms with van der Waals surface area (Å²) in [4.78, 5) is 17.3. The molecule has 19 heavy (non-hydrogen) atoms. The van der Waals surface area contributed by atoms with E-state index in [9.17, 15) is 4.79 Å². The van der Waals surface area contributed by atoms with Gasteiger partial charge in [0.1, 0.15) is 11.6 Å². The van der Waals surface area contributed by atoms with E-state index in [-0.39, 0.29) is 11.0 Å². The maximum absolute atomic E-state index is 12.1. The van der Waals surface area contributed by atoms with Gasteiger partial charge in [0.2, 0.25) is 5.43 Å². The highest BCUT2D eigenvalue weighted by Crippen LogP contribution is 2.20. The summed E-state index contributed by atoms with van der Waals surface area (Å²) in [6, 6.07) is 7.62. The van der Waals surface area contributed by atoms with Gasteiger partial charge < -0.3 is 14.6 Å². The molecule has 1 aliphatic heterocycles. The third-order valence-electron chi connectivity index (χ3n) is 3.36. The highest BCUT2D eigenvalue weighted by atomic mass is 16.5. The standard InChI is InChI=1S/C14H13N3O2/c15-8-10-9-16-13-2-1-11(7-12(13)14(10)18)17-3-5-19-6-4-17/h1-2,7,9H,3-6H2,(H,16,18). The molecule has 0 unspecified atom stereocenters. The first kappa shape index (κ1) is 11.8. The van der Waals surface area contributed by atoms with Crippen LogP contribution in [0.15, 0.2) is 29.2 Å². The van der Waals surface area contributed by atoms with Crippen molar-refractivity contribution in [2.24, 2.45) is 0 Å². The van der Waals surface area contributed by atoms with Gasteiger partial charge >= 0.3 is 0 Å². The van der Waals surface area contributed by atoms with E-state index in [1.54, 1.807) is 0 Å². The number of nitrogens with one attached hydrogen (secondary N) is 1. The Morgan fingerprint density at radius 2 is 2.11 bits per heavy atom. The van der Waals surface area contributed by atoms with Crippen LogP contribution in [0, 0.1) is 11.3 Å². The number of ether oxygens (including phenoxy) is 1. The molecule has 1 saturated heterocycles. The van der Waals surface area contributed by atoms with Crippen molar-refractivity contribution < 1.29 is 4.74 Å². The fourth-order valence-corrected chi connectivity index (χ4v) is 2.31. The Labute approximate surface area is 110 Å². The Hall–Kier alpha value is -2.32. The number of H-pyrrole nitrogens is 1. The molecule has 1 fully saturated rings. The molecule has 96 valence electrons. The summed E-state index contributed by atoms with van der Waals surface area (Å²) < 4.78 is 5.32. The van der Waals surface area contributed by atoms with Gasteiger partial charge in [0.25, 0.3) is 0 Å². The average Bonchev–Trinajstić information content (AvgIpc) is 2.48. The van der Waals surface area contributed by atoms with Crippen molar-refractivity contribution in [3.05, 3.63) is 40.2 Å². The van der Waals surface area contributed by atoms with Gasteiger partial charge in [0.05, 0.1) is 13.2 Å². The molecule has 2 aromatic rings. The van der Waals surface area contributed by atoms with Gasteiger partial charge in [0.15, 0.2) is 0 Å². The first-order valence-corrected chi connectivity index (χ1v) is 6.18. The number of hydrogen-bond donors (Lipinski definition) is 1. The van der Waals surface area contributed by atoms with Crippen LogP contribution in [0.1, 0.15) is 5.56 Å².